The number of fused-ring (bicyclic) bond motifs is 6. The molecular weight excluding hydrogens is 518 g/mol. The molecule has 5 rings (SSSR count). The molecule has 206 valence electrons. The summed E-state index contributed by atoms with van der Waals surface area (Å²) in [6.45, 7) is 6.28. The topological polar surface area (TPSA) is 137 Å². The number of aliphatic hydroxyl groups excluding tert-OH is 1. The molecule has 0 bridgehead atoms. The van der Waals surface area contributed by atoms with Crippen molar-refractivity contribution < 1.29 is 43.2 Å². The average molecular weight is 546 g/mol. The zero-order valence-electron chi connectivity index (χ0n) is 22.3. The Kier molecular flexibility index (Phi) is 6.80. The van der Waals surface area contributed by atoms with Gasteiger partial charge in [-0.1, -0.05) is 27.7 Å². The van der Waals surface area contributed by atoms with Crippen LogP contribution in [0.3, 0.4) is 0 Å². The number of ether oxygens (including phenoxy) is 4. The number of benzene rings is 3. The van der Waals surface area contributed by atoms with Gasteiger partial charge in [-0.2, -0.15) is 0 Å². The number of hydrogen-bond acceptors (Lipinski definition) is 9. The Hall–Kier alpha value is -4.70. The van der Waals surface area contributed by atoms with E-state index < -0.39 is 36.1 Å². The molecule has 0 radical (unpaired) electrons. The molecule has 0 atom stereocenters. The molecule has 2 aliphatic rings. The minimum Gasteiger partial charge on any atom is -0.456 e. The molecule has 3 aromatic rings. The highest BCUT2D eigenvalue weighted by Gasteiger charge is 2.54. The van der Waals surface area contributed by atoms with Crippen LogP contribution in [-0.4, -0.2) is 35.7 Å². The standard InChI is InChI=1S/C30H27NO9/c1-15(2)27(34)37-18-6-9-21-24(12-18)39-25-13-19(38-28(35)16(3)4)7-10-22(25)30(21)23-11-17(26(33)31-14-32)5-8-20(23)29(36)40-30/h5-13,15-16,32H,14H2,1-4H3,(H,31,33). The van der Waals surface area contributed by atoms with Gasteiger partial charge in [-0.15, -0.1) is 0 Å². The molecule has 10 nitrogen and oxygen atoms in total. The van der Waals surface area contributed by atoms with Gasteiger partial charge in [0.2, 0.25) is 0 Å². The van der Waals surface area contributed by atoms with Gasteiger partial charge in [-0.05, 0) is 42.5 Å². The molecule has 0 fully saturated rings. The van der Waals surface area contributed by atoms with Crippen molar-refractivity contribution in [2.24, 2.45) is 11.8 Å². The lowest BCUT2D eigenvalue weighted by Crippen LogP contribution is -2.33. The van der Waals surface area contributed by atoms with Crippen LogP contribution in [0.4, 0.5) is 0 Å². The first-order valence-corrected chi connectivity index (χ1v) is 12.7. The van der Waals surface area contributed by atoms with Gasteiger partial charge >= 0.3 is 17.9 Å². The van der Waals surface area contributed by atoms with Crippen molar-refractivity contribution in [3.8, 4) is 23.0 Å². The summed E-state index contributed by atoms with van der Waals surface area (Å²) in [5.74, 6) is -1.86. The molecule has 0 aliphatic carbocycles. The van der Waals surface area contributed by atoms with Crippen molar-refractivity contribution >= 4 is 23.8 Å². The predicted molar refractivity (Wildman–Crippen MR) is 140 cm³/mol. The third kappa shape index (κ3) is 4.46. The molecule has 3 aromatic carbocycles. The van der Waals surface area contributed by atoms with E-state index in [-0.39, 0.29) is 46.0 Å². The summed E-state index contributed by atoms with van der Waals surface area (Å²) in [6.07, 6.45) is 0. The van der Waals surface area contributed by atoms with Crippen LogP contribution in [0.25, 0.3) is 0 Å². The smallest absolute Gasteiger partial charge is 0.340 e. The molecule has 2 aliphatic heterocycles. The lowest BCUT2D eigenvalue weighted by molar-refractivity contribution is -0.138. The molecule has 0 aromatic heterocycles. The number of hydrogen-bond donors (Lipinski definition) is 2. The number of carbonyl (C=O) groups is 4. The highest BCUT2D eigenvalue weighted by molar-refractivity contribution is 6.00. The maximum atomic E-state index is 13.2. The van der Waals surface area contributed by atoms with Crippen LogP contribution in [-0.2, 0) is 19.9 Å². The van der Waals surface area contributed by atoms with Gasteiger partial charge in [0, 0.05) is 34.4 Å². The monoisotopic (exact) mass is 545 g/mol. The molecule has 1 spiro atoms. The molecule has 0 saturated heterocycles. The highest BCUT2D eigenvalue weighted by atomic mass is 16.6. The molecule has 40 heavy (non-hydrogen) atoms. The Bertz CT molecular complexity index is 1490. The predicted octanol–water partition coefficient (Wildman–Crippen LogP) is 4.06. The third-order valence-corrected chi connectivity index (χ3v) is 6.63. The summed E-state index contributed by atoms with van der Waals surface area (Å²) in [4.78, 5) is 50.3. The van der Waals surface area contributed by atoms with Gasteiger partial charge in [-0.25, -0.2) is 4.79 Å². The van der Waals surface area contributed by atoms with Gasteiger partial charge in [0.1, 0.15) is 29.7 Å². The summed E-state index contributed by atoms with van der Waals surface area (Å²) in [5, 5.41) is 11.5. The Morgan fingerprint density at radius 2 is 1.38 bits per heavy atom. The number of rotatable bonds is 6. The van der Waals surface area contributed by atoms with Crippen molar-refractivity contribution in [3.63, 3.8) is 0 Å². The Morgan fingerprint density at radius 1 is 0.825 bits per heavy atom. The summed E-state index contributed by atoms with van der Waals surface area (Å²) in [5.41, 5.74) is 0.153. The van der Waals surface area contributed by atoms with Gasteiger partial charge in [0.25, 0.3) is 5.91 Å². The quantitative estimate of drug-likeness (QED) is 0.267. The molecule has 0 unspecified atom stereocenters. The Morgan fingerprint density at radius 3 is 1.88 bits per heavy atom. The molecule has 0 saturated carbocycles. The summed E-state index contributed by atoms with van der Waals surface area (Å²) < 4.78 is 23.3. The number of carbonyl (C=O) groups excluding carboxylic acids is 4. The van der Waals surface area contributed by atoms with E-state index in [1.807, 2.05) is 0 Å². The summed E-state index contributed by atoms with van der Waals surface area (Å²) >= 11 is 0. The van der Waals surface area contributed by atoms with E-state index in [1.54, 1.807) is 52.0 Å². The second kappa shape index (κ2) is 10.1. The lowest BCUT2D eigenvalue weighted by Gasteiger charge is -2.36. The van der Waals surface area contributed by atoms with E-state index in [0.717, 1.165) is 0 Å². The van der Waals surface area contributed by atoms with Crippen molar-refractivity contribution in [3.05, 3.63) is 82.4 Å². The zero-order chi connectivity index (χ0) is 28.8. The first kappa shape index (κ1) is 26.9. The van der Waals surface area contributed by atoms with Crippen LogP contribution in [0.15, 0.2) is 54.6 Å². The van der Waals surface area contributed by atoms with Crippen LogP contribution < -0.4 is 19.5 Å². The van der Waals surface area contributed by atoms with E-state index in [2.05, 4.69) is 5.32 Å². The van der Waals surface area contributed by atoms with Crippen molar-refractivity contribution in [1.29, 1.82) is 0 Å². The first-order chi connectivity index (χ1) is 19.0. The Labute approximate surface area is 229 Å². The fourth-order valence-electron chi connectivity index (χ4n) is 4.59. The van der Waals surface area contributed by atoms with Gasteiger partial charge in [0.05, 0.1) is 17.4 Å². The average Bonchev–Trinajstić information content (AvgIpc) is 3.20. The molecule has 2 N–H and O–H groups in total. The fourth-order valence-corrected chi connectivity index (χ4v) is 4.59. The molecule has 10 heteroatoms. The van der Waals surface area contributed by atoms with Crippen LogP contribution >= 0.6 is 0 Å². The minimum atomic E-state index is -1.54. The second-order valence-electron chi connectivity index (χ2n) is 10.1. The highest BCUT2D eigenvalue weighted by Crippen LogP contribution is 2.57. The maximum Gasteiger partial charge on any atom is 0.340 e. The van der Waals surface area contributed by atoms with Gasteiger partial charge in [-0.3, -0.25) is 14.4 Å². The van der Waals surface area contributed by atoms with E-state index in [9.17, 15) is 24.3 Å². The van der Waals surface area contributed by atoms with Crippen LogP contribution in [0.2, 0.25) is 0 Å². The van der Waals surface area contributed by atoms with Gasteiger partial charge in [0.15, 0.2) is 5.60 Å². The second-order valence-corrected chi connectivity index (χ2v) is 10.1. The molecular formula is C30H27NO9. The summed E-state index contributed by atoms with van der Waals surface area (Å²) in [7, 11) is 0. The third-order valence-electron chi connectivity index (χ3n) is 6.63. The maximum absolute atomic E-state index is 13.2. The van der Waals surface area contributed by atoms with Crippen molar-refractivity contribution in [1.82, 2.24) is 5.32 Å². The zero-order valence-corrected chi connectivity index (χ0v) is 22.3. The largest absolute Gasteiger partial charge is 0.456 e. The normalized spacial score (nSPS) is 14.1. The minimum absolute atomic E-state index is 0.199. The molecule has 2 heterocycles. The van der Waals surface area contributed by atoms with Crippen LogP contribution in [0.1, 0.15) is 65.1 Å². The molecule has 1 amide bonds. The van der Waals surface area contributed by atoms with Gasteiger partial charge < -0.3 is 29.4 Å². The van der Waals surface area contributed by atoms with E-state index in [4.69, 9.17) is 18.9 Å². The van der Waals surface area contributed by atoms with Crippen LogP contribution in [0, 0.1) is 11.8 Å². The van der Waals surface area contributed by atoms with Crippen molar-refractivity contribution in [2.75, 3.05) is 6.73 Å². The first-order valence-electron chi connectivity index (χ1n) is 12.7. The number of amides is 1. The summed E-state index contributed by atoms with van der Waals surface area (Å²) in [6, 6.07) is 13.9. The Balaban J connectivity index is 1.71. The fraction of sp³-hybridized carbons (Fsp3) is 0.267. The van der Waals surface area contributed by atoms with E-state index in [1.165, 1.54) is 30.3 Å². The van der Waals surface area contributed by atoms with E-state index in [0.29, 0.717) is 16.7 Å². The van der Waals surface area contributed by atoms with Crippen molar-refractivity contribution in [2.45, 2.75) is 33.3 Å². The van der Waals surface area contributed by atoms with Crippen LogP contribution in [0.5, 0.6) is 23.0 Å². The lowest BCUT2D eigenvalue weighted by atomic mass is 9.77. The number of esters is 3. The van der Waals surface area contributed by atoms with E-state index >= 15 is 0 Å². The SMILES string of the molecule is CC(C)C(=O)Oc1ccc2c(c1)Oc1cc(OC(=O)C(C)C)ccc1C21OC(=O)c2ccc(C(=O)NCO)cc21. The number of aliphatic hydroxyl groups is 1. The number of nitrogens with one attached hydrogen (secondary N) is 1.